The van der Waals surface area contributed by atoms with Crippen LogP contribution in [0.15, 0.2) is 33.4 Å². The molecular formula is C18H20BrNO4. The summed E-state index contributed by atoms with van der Waals surface area (Å²) in [6, 6.07) is 5.29. The van der Waals surface area contributed by atoms with E-state index in [2.05, 4.69) is 15.9 Å². The number of ketones is 1. The SMILES string of the molecule is CC(C)OC(=O)C1CCCCn2c(C(=O)c3cc(Br)co3)ccc21. The average Bonchev–Trinajstić information content (AvgIpc) is 3.07. The number of ether oxygens (including phenoxy) is 1. The smallest absolute Gasteiger partial charge is 0.315 e. The summed E-state index contributed by atoms with van der Waals surface area (Å²) in [5, 5.41) is 0. The minimum atomic E-state index is -0.320. The number of hydrogen-bond donors (Lipinski definition) is 0. The molecular weight excluding hydrogens is 374 g/mol. The maximum Gasteiger partial charge on any atom is 0.315 e. The van der Waals surface area contributed by atoms with Crippen LogP contribution >= 0.6 is 15.9 Å². The van der Waals surface area contributed by atoms with Gasteiger partial charge in [0.05, 0.1) is 22.2 Å². The molecule has 1 aliphatic rings. The van der Waals surface area contributed by atoms with E-state index in [1.165, 1.54) is 6.26 Å². The van der Waals surface area contributed by atoms with Crippen molar-refractivity contribution >= 4 is 27.7 Å². The lowest BCUT2D eigenvalue weighted by Gasteiger charge is -2.17. The number of halogens is 1. The Morgan fingerprint density at radius 3 is 2.79 bits per heavy atom. The summed E-state index contributed by atoms with van der Waals surface area (Å²) >= 11 is 3.29. The zero-order valence-corrected chi connectivity index (χ0v) is 15.3. The lowest BCUT2D eigenvalue weighted by atomic mass is 10.00. The molecule has 3 heterocycles. The van der Waals surface area contributed by atoms with Crippen molar-refractivity contribution in [2.45, 2.75) is 51.7 Å². The molecule has 0 aromatic carbocycles. The first-order valence-corrected chi connectivity index (χ1v) is 8.95. The molecule has 0 radical (unpaired) electrons. The second-order valence-electron chi connectivity index (χ2n) is 6.29. The standard InChI is InChI=1S/C18H20BrNO4/c1-11(2)24-18(22)13-5-3-4-8-20-14(13)6-7-15(20)17(21)16-9-12(19)10-23-16/h6-7,9-11,13H,3-5,8H2,1-2H3. The van der Waals surface area contributed by atoms with E-state index in [0.29, 0.717) is 5.69 Å². The third kappa shape index (κ3) is 3.34. The Morgan fingerprint density at radius 2 is 2.12 bits per heavy atom. The highest BCUT2D eigenvalue weighted by Crippen LogP contribution is 2.31. The fraction of sp³-hybridized carbons (Fsp3) is 0.444. The topological polar surface area (TPSA) is 61.4 Å². The summed E-state index contributed by atoms with van der Waals surface area (Å²) in [5.74, 6) is -0.427. The van der Waals surface area contributed by atoms with Gasteiger partial charge in [-0.1, -0.05) is 6.42 Å². The van der Waals surface area contributed by atoms with E-state index < -0.39 is 0 Å². The molecule has 0 saturated heterocycles. The van der Waals surface area contributed by atoms with Crippen molar-refractivity contribution in [1.82, 2.24) is 4.57 Å². The summed E-state index contributed by atoms with van der Waals surface area (Å²) in [6.45, 7) is 4.41. The number of aromatic nitrogens is 1. The van der Waals surface area contributed by atoms with Gasteiger partial charge in [0.2, 0.25) is 5.78 Å². The number of furan rings is 1. The Kier molecular flexibility index (Phi) is 4.94. The molecule has 0 spiro atoms. The number of carbonyl (C=O) groups is 2. The molecule has 0 aliphatic carbocycles. The molecule has 5 nitrogen and oxygen atoms in total. The van der Waals surface area contributed by atoms with Gasteiger partial charge >= 0.3 is 5.97 Å². The summed E-state index contributed by atoms with van der Waals surface area (Å²) < 4.78 is 13.4. The number of carbonyl (C=O) groups excluding carboxylic acids is 2. The molecule has 2 aromatic rings. The van der Waals surface area contributed by atoms with E-state index in [0.717, 1.165) is 36.0 Å². The van der Waals surface area contributed by atoms with Crippen LogP contribution in [0.1, 0.15) is 61.0 Å². The Labute approximate surface area is 149 Å². The van der Waals surface area contributed by atoms with Crippen molar-refractivity contribution in [1.29, 1.82) is 0 Å². The van der Waals surface area contributed by atoms with Crippen molar-refractivity contribution < 1.29 is 18.7 Å². The van der Waals surface area contributed by atoms with Crippen molar-refractivity contribution in [3.63, 3.8) is 0 Å². The minimum absolute atomic E-state index is 0.147. The highest BCUT2D eigenvalue weighted by molar-refractivity contribution is 9.10. The molecule has 6 heteroatoms. The van der Waals surface area contributed by atoms with Crippen LogP contribution in [0.25, 0.3) is 0 Å². The molecule has 0 N–H and O–H groups in total. The first-order chi connectivity index (χ1) is 11.5. The third-order valence-corrected chi connectivity index (χ3v) is 4.57. The Morgan fingerprint density at radius 1 is 1.33 bits per heavy atom. The molecule has 0 saturated carbocycles. The van der Waals surface area contributed by atoms with E-state index in [1.54, 1.807) is 12.1 Å². The van der Waals surface area contributed by atoms with Gasteiger partial charge < -0.3 is 13.7 Å². The maximum absolute atomic E-state index is 12.7. The fourth-order valence-corrected chi connectivity index (χ4v) is 3.41. The third-order valence-electron chi connectivity index (χ3n) is 4.16. The second kappa shape index (κ2) is 6.97. The summed E-state index contributed by atoms with van der Waals surface area (Å²) in [6.07, 6.45) is 3.94. The van der Waals surface area contributed by atoms with E-state index in [4.69, 9.17) is 9.15 Å². The molecule has 1 aliphatic heterocycles. The predicted molar refractivity (Wildman–Crippen MR) is 92.1 cm³/mol. The molecule has 0 bridgehead atoms. The lowest BCUT2D eigenvalue weighted by Crippen LogP contribution is -2.21. The van der Waals surface area contributed by atoms with Gasteiger partial charge in [-0.15, -0.1) is 0 Å². The zero-order valence-electron chi connectivity index (χ0n) is 13.8. The van der Waals surface area contributed by atoms with Gasteiger partial charge in [0.1, 0.15) is 6.26 Å². The van der Waals surface area contributed by atoms with Crippen LogP contribution in [-0.4, -0.2) is 22.4 Å². The Hall–Kier alpha value is -1.82. The van der Waals surface area contributed by atoms with Gasteiger partial charge in [0.15, 0.2) is 5.76 Å². The predicted octanol–water partition coefficient (Wildman–Crippen LogP) is 4.29. The van der Waals surface area contributed by atoms with Gasteiger partial charge in [-0.25, -0.2) is 0 Å². The highest BCUT2D eigenvalue weighted by Gasteiger charge is 2.30. The molecule has 2 aromatic heterocycles. The Balaban J connectivity index is 1.94. The van der Waals surface area contributed by atoms with Crippen LogP contribution in [0.3, 0.4) is 0 Å². The average molecular weight is 394 g/mol. The van der Waals surface area contributed by atoms with Crippen molar-refractivity contribution in [2.24, 2.45) is 0 Å². The van der Waals surface area contributed by atoms with Crippen molar-refractivity contribution in [3.05, 3.63) is 46.1 Å². The number of esters is 1. The molecule has 128 valence electrons. The number of hydrogen-bond acceptors (Lipinski definition) is 4. The van der Waals surface area contributed by atoms with Crippen LogP contribution in [0, 0.1) is 0 Å². The van der Waals surface area contributed by atoms with Gasteiger partial charge in [-0.2, -0.15) is 0 Å². The molecule has 0 fully saturated rings. The molecule has 1 unspecified atom stereocenters. The number of rotatable bonds is 4. The first-order valence-electron chi connectivity index (χ1n) is 8.16. The van der Waals surface area contributed by atoms with Crippen LogP contribution < -0.4 is 0 Å². The van der Waals surface area contributed by atoms with E-state index in [9.17, 15) is 9.59 Å². The normalized spacial score (nSPS) is 17.4. The molecule has 24 heavy (non-hydrogen) atoms. The van der Waals surface area contributed by atoms with E-state index in [1.807, 2.05) is 24.5 Å². The van der Waals surface area contributed by atoms with Crippen molar-refractivity contribution in [2.75, 3.05) is 0 Å². The van der Waals surface area contributed by atoms with E-state index >= 15 is 0 Å². The van der Waals surface area contributed by atoms with Crippen LogP contribution in [0.5, 0.6) is 0 Å². The minimum Gasteiger partial charge on any atom is -0.462 e. The van der Waals surface area contributed by atoms with E-state index in [-0.39, 0.29) is 29.5 Å². The first kappa shape index (κ1) is 17.0. The van der Waals surface area contributed by atoms with Crippen LogP contribution in [-0.2, 0) is 16.1 Å². The maximum atomic E-state index is 12.7. The van der Waals surface area contributed by atoms with Crippen LogP contribution in [0.4, 0.5) is 0 Å². The van der Waals surface area contributed by atoms with Gasteiger partial charge in [-0.05, 0) is 54.8 Å². The van der Waals surface area contributed by atoms with Gasteiger partial charge in [0.25, 0.3) is 0 Å². The molecule has 1 atom stereocenters. The number of fused-ring (bicyclic) bond motifs is 1. The quantitative estimate of drug-likeness (QED) is 0.573. The largest absolute Gasteiger partial charge is 0.462 e. The monoisotopic (exact) mass is 393 g/mol. The van der Waals surface area contributed by atoms with Crippen molar-refractivity contribution in [3.8, 4) is 0 Å². The summed E-state index contributed by atoms with van der Waals surface area (Å²) in [7, 11) is 0. The molecule has 0 amide bonds. The van der Waals surface area contributed by atoms with Crippen LogP contribution in [0.2, 0.25) is 0 Å². The number of nitrogens with zero attached hydrogens (tertiary/aromatic N) is 1. The summed E-state index contributed by atoms with van der Waals surface area (Å²) in [4.78, 5) is 25.1. The Bertz CT molecular complexity index is 759. The fourth-order valence-electron chi connectivity index (χ4n) is 3.11. The highest BCUT2D eigenvalue weighted by atomic mass is 79.9. The lowest BCUT2D eigenvalue weighted by molar-refractivity contribution is -0.149. The summed E-state index contributed by atoms with van der Waals surface area (Å²) in [5.41, 5.74) is 1.41. The zero-order chi connectivity index (χ0) is 17.3. The second-order valence-corrected chi connectivity index (χ2v) is 7.20. The molecule has 3 rings (SSSR count). The van der Waals surface area contributed by atoms with Gasteiger partial charge in [-0.3, -0.25) is 9.59 Å². The van der Waals surface area contributed by atoms with Gasteiger partial charge in [0, 0.05) is 18.3 Å².